The Hall–Kier alpha value is -2.29. The molecule has 3 aromatic rings. The molecule has 3 rings (SSSR count). The van der Waals surface area contributed by atoms with Crippen LogP contribution in [-0.2, 0) is 16.1 Å². The lowest BCUT2D eigenvalue weighted by Crippen LogP contribution is -2.07. The molecule has 0 bridgehead atoms. The first kappa shape index (κ1) is 15.6. The van der Waals surface area contributed by atoms with Gasteiger partial charge in [-0.3, -0.25) is 4.79 Å². The van der Waals surface area contributed by atoms with Gasteiger partial charge in [0, 0.05) is 34.8 Å². The number of aromatic nitrogens is 1. The predicted octanol–water partition coefficient (Wildman–Crippen LogP) is 4.92. The van der Waals surface area contributed by atoms with E-state index in [4.69, 9.17) is 4.74 Å². The largest absolute Gasteiger partial charge is 0.466 e. The Morgan fingerprint density at radius 2 is 1.57 bits per heavy atom. The highest BCUT2D eigenvalue weighted by Crippen LogP contribution is 2.28. The molecular formula is C20H23NO2. The van der Waals surface area contributed by atoms with E-state index in [1.54, 1.807) is 0 Å². The molecule has 0 amide bonds. The number of aryl methyl sites for hydroxylation is 1. The second-order valence-electron chi connectivity index (χ2n) is 5.86. The van der Waals surface area contributed by atoms with Crippen molar-refractivity contribution in [3.8, 4) is 0 Å². The Balaban J connectivity index is 1.73. The van der Waals surface area contributed by atoms with Crippen LogP contribution in [0.25, 0.3) is 21.8 Å². The molecule has 0 saturated carbocycles. The zero-order valence-electron chi connectivity index (χ0n) is 13.6. The minimum atomic E-state index is -0.0841. The molecule has 120 valence electrons. The van der Waals surface area contributed by atoms with Crippen molar-refractivity contribution in [2.75, 3.05) is 6.61 Å². The predicted molar refractivity (Wildman–Crippen MR) is 94.5 cm³/mol. The fraction of sp³-hybridized carbons (Fsp3) is 0.350. The molecule has 1 heterocycles. The van der Waals surface area contributed by atoms with E-state index >= 15 is 0 Å². The van der Waals surface area contributed by atoms with Gasteiger partial charge in [-0.15, -0.1) is 0 Å². The molecule has 0 aliphatic heterocycles. The maximum absolute atomic E-state index is 11.7. The van der Waals surface area contributed by atoms with Crippen molar-refractivity contribution in [2.45, 2.75) is 39.2 Å². The zero-order valence-corrected chi connectivity index (χ0v) is 13.6. The molecule has 2 aromatic carbocycles. The van der Waals surface area contributed by atoms with Crippen LogP contribution >= 0.6 is 0 Å². The summed E-state index contributed by atoms with van der Waals surface area (Å²) in [5, 5.41) is 2.54. The lowest BCUT2D eigenvalue weighted by Gasteiger charge is -2.08. The number of carbonyl (C=O) groups is 1. The smallest absolute Gasteiger partial charge is 0.305 e. The number of ether oxygens (including phenoxy) is 1. The molecule has 0 unspecified atom stereocenters. The van der Waals surface area contributed by atoms with Crippen molar-refractivity contribution in [3.63, 3.8) is 0 Å². The molecule has 1 aromatic heterocycles. The van der Waals surface area contributed by atoms with Gasteiger partial charge < -0.3 is 9.30 Å². The highest BCUT2D eigenvalue weighted by Gasteiger charge is 2.10. The topological polar surface area (TPSA) is 31.2 Å². The quantitative estimate of drug-likeness (QED) is 0.458. The third kappa shape index (κ3) is 3.39. The number of nitrogens with zero attached hydrogens (tertiary/aromatic N) is 1. The van der Waals surface area contributed by atoms with E-state index in [9.17, 15) is 4.79 Å². The van der Waals surface area contributed by atoms with Gasteiger partial charge in [0.25, 0.3) is 0 Å². The van der Waals surface area contributed by atoms with Gasteiger partial charge in [-0.1, -0.05) is 49.7 Å². The van der Waals surface area contributed by atoms with Gasteiger partial charge in [0.15, 0.2) is 0 Å². The molecule has 0 aliphatic carbocycles. The Kier molecular flexibility index (Phi) is 4.96. The molecule has 23 heavy (non-hydrogen) atoms. The lowest BCUT2D eigenvalue weighted by molar-refractivity contribution is -0.143. The number of para-hydroxylation sites is 2. The molecule has 0 saturated heterocycles. The molecule has 3 heteroatoms. The van der Waals surface area contributed by atoms with E-state index in [0.29, 0.717) is 13.0 Å². The number of hydrogen-bond donors (Lipinski definition) is 0. The molecule has 0 radical (unpaired) electrons. The van der Waals surface area contributed by atoms with Gasteiger partial charge in [-0.2, -0.15) is 0 Å². The summed E-state index contributed by atoms with van der Waals surface area (Å²) in [6, 6.07) is 16.9. The van der Waals surface area contributed by atoms with E-state index in [-0.39, 0.29) is 5.97 Å². The fourth-order valence-electron chi connectivity index (χ4n) is 3.03. The summed E-state index contributed by atoms with van der Waals surface area (Å²) in [5.41, 5.74) is 2.46. The molecular weight excluding hydrogens is 286 g/mol. The molecule has 3 nitrogen and oxygen atoms in total. The van der Waals surface area contributed by atoms with E-state index < -0.39 is 0 Å². The summed E-state index contributed by atoms with van der Waals surface area (Å²) >= 11 is 0. The van der Waals surface area contributed by atoms with Crippen molar-refractivity contribution in [2.24, 2.45) is 0 Å². The van der Waals surface area contributed by atoms with Crippen LogP contribution in [0.1, 0.15) is 32.6 Å². The first-order valence-electron chi connectivity index (χ1n) is 8.43. The average Bonchev–Trinajstić information content (AvgIpc) is 2.90. The number of carbonyl (C=O) groups excluding carboxylic acids is 1. The Labute approximate surface area is 136 Å². The highest BCUT2D eigenvalue weighted by atomic mass is 16.5. The number of fused-ring (bicyclic) bond motifs is 3. The van der Waals surface area contributed by atoms with Crippen LogP contribution in [0.5, 0.6) is 0 Å². The summed E-state index contributed by atoms with van der Waals surface area (Å²) in [5.74, 6) is -0.0841. The minimum Gasteiger partial charge on any atom is -0.466 e. The van der Waals surface area contributed by atoms with Crippen molar-refractivity contribution < 1.29 is 9.53 Å². The molecule has 0 N–H and O–H groups in total. The van der Waals surface area contributed by atoms with Gasteiger partial charge in [-0.05, 0) is 25.0 Å². The van der Waals surface area contributed by atoms with Gasteiger partial charge >= 0.3 is 5.97 Å². The van der Waals surface area contributed by atoms with Crippen molar-refractivity contribution in [1.82, 2.24) is 4.57 Å². The van der Waals surface area contributed by atoms with E-state index in [1.165, 1.54) is 21.8 Å². The van der Waals surface area contributed by atoms with Crippen molar-refractivity contribution in [1.29, 1.82) is 0 Å². The maximum atomic E-state index is 11.7. The van der Waals surface area contributed by atoms with Crippen LogP contribution in [0.3, 0.4) is 0 Å². The van der Waals surface area contributed by atoms with Crippen LogP contribution in [0, 0.1) is 0 Å². The Morgan fingerprint density at radius 3 is 2.17 bits per heavy atom. The number of benzene rings is 2. The summed E-state index contributed by atoms with van der Waals surface area (Å²) < 4.78 is 7.54. The minimum absolute atomic E-state index is 0.0841. The first-order valence-corrected chi connectivity index (χ1v) is 8.43. The normalized spacial score (nSPS) is 11.2. The highest BCUT2D eigenvalue weighted by molar-refractivity contribution is 6.07. The van der Waals surface area contributed by atoms with E-state index in [2.05, 4.69) is 60.0 Å². The monoisotopic (exact) mass is 309 g/mol. The second-order valence-corrected chi connectivity index (χ2v) is 5.86. The third-order valence-corrected chi connectivity index (χ3v) is 4.20. The van der Waals surface area contributed by atoms with Crippen LogP contribution in [0.15, 0.2) is 48.5 Å². The van der Waals surface area contributed by atoms with Gasteiger partial charge in [0.2, 0.25) is 0 Å². The number of hydrogen-bond acceptors (Lipinski definition) is 2. The fourth-order valence-corrected chi connectivity index (χ4v) is 3.03. The number of rotatable bonds is 7. The summed E-state index contributed by atoms with van der Waals surface area (Å²) in [6.45, 7) is 3.47. The molecule has 0 fully saturated rings. The summed E-state index contributed by atoms with van der Waals surface area (Å²) in [6.07, 6.45) is 3.27. The van der Waals surface area contributed by atoms with E-state index in [0.717, 1.165) is 25.8 Å². The average molecular weight is 309 g/mol. The van der Waals surface area contributed by atoms with Crippen molar-refractivity contribution >= 4 is 27.8 Å². The Bertz CT molecular complexity index is 750. The van der Waals surface area contributed by atoms with Crippen LogP contribution in [0.4, 0.5) is 0 Å². The zero-order chi connectivity index (χ0) is 16.1. The first-order chi connectivity index (χ1) is 11.3. The van der Waals surface area contributed by atoms with Gasteiger partial charge in [0.05, 0.1) is 6.61 Å². The van der Waals surface area contributed by atoms with E-state index in [1.807, 2.05) is 0 Å². The van der Waals surface area contributed by atoms with Crippen molar-refractivity contribution in [3.05, 3.63) is 48.5 Å². The second kappa shape index (κ2) is 7.32. The maximum Gasteiger partial charge on any atom is 0.305 e. The third-order valence-electron chi connectivity index (χ3n) is 4.20. The standard InChI is InChI=1S/C20H23NO2/c1-2-3-15-23-20(22)13-8-14-21-18-11-6-4-9-16(18)17-10-5-7-12-19(17)21/h4-7,9-12H,2-3,8,13-15H2,1H3. The van der Waals surface area contributed by atoms with Gasteiger partial charge in [-0.25, -0.2) is 0 Å². The molecule has 0 atom stereocenters. The number of unbranched alkanes of at least 4 members (excludes halogenated alkanes) is 1. The van der Waals surface area contributed by atoms with Gasteiger partial charge in [0.1, 0.15) is 0 Å². The SMILES string of the molecule is CCCCOC(=O)CCCn1c2ccccc2c2ccccc21. The lowest BCUT2D eigenvalue weighted by atomic mass is 10.2. The van der Waals surface area contributed by atoms with Crippen LogP contribution in [-0.4, -0.2) is 17.1 Å². The molecule has 0 aliphatic rings. The molecule has 0 spiro atoms. The Morgan fingerprint density at radius 1 is 0.957 bits per heavy atom. The number of esters is 1. The summed E-state index contributed by atoms with van der Waals surface area (Å²) in [7, 11) is 0. The van der Waals surface area contributed by atoms with Crippen LogP contribution in [0.2, 0.25) is 0 Å². The summed E-state index contributed by atoms with van der Waals surface area (Å²) in [4.78, 5) is 11.7. The van der Waals surface area contributed by atoms with Crippen LogP contribution < -0.4 is 0 Å².